The van der Waals surface area contributed by atoms with Crippen molar-refractivity contribution in [3.63, 3.8) is 0 Å². The molecule has 1 rings (SSSR count). The van der Waals surface area contributed by atoms with Gasteiger partial charge in [-0.3, -0.25) is 0 Å². The van der Waals surface area contributed by atoms with Gasteiger partial charge < -0.3 is 20.9 Å². The maximum absolute atomic E-state index is 9.21. The van der Waals surface area contributed by atoms with Gasteiger partial charge in [-0.15, -0.1) is 0 Å². The SMILES string of the molecule is COc1c(N)ncnc1N[C@H](CO)C(C)C. The van der Waals surface area contributed by atoms with E-state index in [1.807, 2.05) is 13.8 Å². The van der Waals surface area contributed by atoms with Crippen molar-refractivity contribution in [2.45, 2.75) is 19.9 Å². The van der Waals surface area contributed by atoms with Crippen LogP contribution in [0.2, 0.25) is 0 Å². The van der Waals surface area contributed by atoms with Gasteiger partial charge in [0.1, 0.15) is 6.33 Å². The van der Waals surface area contributed by atoms with Crippen molar-refractivity contribution in [2.75, 3.05) is 24.8 Å². The number of nitrogen functional groups attached to an aromatic ring is 1. The quantitative estimate of drug-likeness (QED) is 0.676. The van der Waals surface area contributed by atoms with Gasteiger partial charge in [0, 0.05) is 0 Å². The molecule has 0 radical (unpaired) electrons. The van der Waals surface area contributed by atoms with Crippen LogP contribution in [0.3, 0.4) is 0 Å². The second-order valence-corrected chi connectivity index (χ2v) is 3.82. The second kappa shape index (κ2) is 5.50. The van der Waals surface area contributed by atoms with Crippen LogP contribution in [0.15, 0.2) is 6.33 Å². The highest BCUT2D eigenvalue weighted by molar-refractivity contribution is 5.61. The molecule has 1 aromatic heterocycles. The lowest BCUT2D eigenvalue weighted by Crippen LogP contribution is -2.30. The molecular formula is C10H18N4O2. The van der Waals surface area contributed by atoms with Crippen LogP contribution < -0.4 is 15.8 Å². The normalized spacial score (nSPS) is 12.6. The summed E-state index contributed by atoms with van der Waals surface area (Å²) in [5.41, 5.74) is 5.65. The van der Waals surface area contributed by atoms with E-state index < -0.39 is 0 Å². The highest BCUT2D eigenvalue weighted by Gasteiger charge is 2.16. The molecule has 6 heteroatoms. The lowest BCUT2D eigenvalue weighted by Gasteiger charge is -2.21. The Kier molecular flexibility index (Phi) is 4.30. The minimum atomic E-state index is -0.0943. The maximum atomic E-state index is 9.21. The third-order valence-electron chi connectivity index (χ3n) is 2.36. The topological polar surface area (TPSA) is 93.3 Å². The summed E-state index contributed by atoms with van der Waals surface area (Å²) in [5, 5.41) is 12.3. The van der Waals surface area contributed by atoms with Crippen LogP contribution in [0, 0.1) is 5.92 Å². The number of methoxy groups -OCH3 is 1. The van der Waals surface area contributed by atoms with Gasteiger partial charge in [-0.2, -0.15) is 0 Å². The lowest BCUT2D eigenvalue weighted by molar-refractivity contribution is 0.248. The number of aromatic nitrogens is 2. The van der Waals surface area contributed by atoms with E-state index in [2.05, 4.69) is 15.3 Å². The monoisotopic (exact) mass is 226 g/mol. The van der Waals surface area contributed by atoms with E-state index in [9.17, 15) is 5.11 Å². The number of aliphatic hydroxyl groups excluding tert-OH is 1. The molecule has 0 aliphatic carbocycles. The van der Waals surface area contributed by atoms with E-state index >= 15 is 0 Å². The molecule has 0 aliphatic rings. The van der Waals surface area contributed by atoms with E-state index in [0.29, 0.717) is 11.6 Å². The first-order valence-corrected chi connectivity index (χ1v) is 5.12. The van der Waals surface area contributed by atoms with Crippen molar-refractivity contribution in [2.24, 2.45) is 5.92 Å². The Labute approximate surface area is 94.9 Å². The summed E-state index contributed by atoms with van der Waals surface area (Å²) >= 11 is 0. The summed E-state index contributed by atoms with van der Waals surface area (Å²) in [5.74, 6) is 1.45. The number of nitrogens with zero attached hydrogens (tertiary/aromatic N) is 2. The molecule has 0 fully saturated rings. The summed E-state index contributed by atoms with van der Waals surface area (Å²) in [4.78, 5) is 7.87. The summed E-state index contributed by atoms with van der Waals surface area (Å²) < 4.78 is 5.11. The summed E-state index contributed by atoms with van der Waals surface area (Å²) in [6.45, 7) is 4.03. The van der Waals surface area contributed by atoms with Gasteiger partial charge in [-0.1, -0.05) is 13.8 Å². The molecule has 1 heterocycles. The first-order chi connectivity index (χ1) is 7.60. The van der Waals surface area contributed by atoms with Gasteiger partial charge in [-0.05, 0) is 5.92 Å². The van der Waals surface area contributed by atoms with Crippen LogP contribution in [-0.4, -0.2) is 34.8 Å². The molecule has 0 aromatic carbocycles. The highest BCUT2D eigenvalue weighted by atomic mass is 16.5. The zero-order valence-electron chi connectivity index (χ0n) is 9.77. The number of nitrogens with one attached hydrogen (secondary N) is 1. The first-order valence-electron chi connectivity index (χ1n) is 5.12. The molecule has 4 N–H and O–H groups in total. The van der Waals surface area contributed by atoms with E-state index in [-0.39, 0.29) is 24.4 Å². The molecule has 0 saturated carbocycles. The molecule has 0 saturated heterocycles. The van der Waals surface area contributed by atoms with Crippen molar-refractivity contribution < 1.29 is 9.84 Å². The molecule has 0 spiro atoms. The Morgan fingerprint density at radius 2 is 2.19 bits per heavy atom. The van der Waals surface area contributed by atoms with E-state index in [0.717, 1.165) is 0 Å². The minimum absolute atomic E-state index is 0.0186. The molecule has 0 amide bonds. The van der Waals surface area contributed by atoms with E-state index in [1.165, 1.54) is 13.4 Å². The predicted octanol–water partition coefficient (Wildman–Crippen LogP) is 0.496. The molecule has 1 aromatic rings. The Morgan fingerprint density at radius 1 is 1.50 bits per heavy atom. The molecule has 0 aliphatic heterocycles. The molecule has 6 nitrogen and oxygen atoms in total. The summed E-state index contributed by atoms with van der Waals surface area (Å²) in [6.07, 6.45) is 1.36. The smallest absolute Gasteiger partial charge is 0.203 e. The fourth-order valence-electron chi connectivity index (χ4n) is 1.29. The number of rotatable bonds is 5. The maximum Gasteiger partial charge on any atom is 0.203 e. The van der Waals surface area contributed by atoms with Crippen LogP contribution >= 0.6 is 0 Å². The number of aliphatic hydroxyl groups is 1. The van der Waals surface area contributed by atoms with Gasteiger partial charge in [-0.25, -0.2) is 9.97 Å². The standard InChI is InChI=1S/C10H18N4O2/c1-6(2)7(4-15)14-10-8(16-3)9(11)12-5-13-10/h5-7,15H,4H2,1-3H3,(H3,11,12,13,14)/t7-/m1/s1. The number of ether oxygens (including phenoxy) is 1. The van der Waals surface area contributed by atoms with Crippen LogP contribution in [0.25, 0.3) is 0 Å². The number of anilines is 2. The summed E-state index contributed by atoms with van der Waals surface area (Å²) in [7, 11) is 1.50. The van der Waals surface area contributed by atoms with Crippen molar-refractivity contribution in [1.82, 2.24) is 9.97 Å². The van der Waals surface area contributed by atoms with Crippen molar-refractivity contribution >= 4 is 11.6 Å². The predicted molar refractivity (Wildman–Crippen MR) is 62.3 cm³/mol. The molecule has 0 unspecified atom stereocenters. The van der Waals surface area contributed by atoms with E-state index in [1.54, 1.807) is 0 Å². The van der Waals surface area contributed by atoms with Gasteiger partial charge in [0.25, 0.3) is 0 Å². The molecular weight excluding hydrogens is 208 g/mol. The van der Waals surface area contributed by atoms with Crippen molar-refractivity contribution in [1.29, 1.82) is 0 Å². The highest BCUT2D eigenvalue weighted by Crippen LogP contribution is 2.27. The third kappa shape index (κ3) is 2.73. The fraction of sp³-hybridized carbons (Fsp3) is 0.600. The summed E-state index contributed by atoms with van der Waals surface area (Å²) in [6, 6.07) is -0.0943. The fourth-order valence-corrected chi connectivity index (χ4v) is 1.29. The second-order valence-electron chi connectivity index (χ2n) is 3.82. The number of hydrogen-bond donors (Lipinski definition) is 3. The van der Waals surface area contributed by atoms with Gasteiger partial charge in [0.15, 0.2) is 11.6 Å². The van der Waals surface area contributed by atoms with Crippen LogP contribution in [0.1, 0.15) is 13.8 Å². The Balaban J connectivity index is 2.91. The average molecular weight is 226 g/mol. The zero-order valence-corrected chi connectivity index (χ0v) is 9.77. The van der Waals surface area contributed by atoms with Gasteiger partial charge >= 0.3 is 0 Å². The Bertz CT molecular complexity index is 344. The number of nitrogens with two attached hydrogens (primary N) is 1. The van der Waals surface area contributed by atoms with Crippen molar-refractivity contribution in [3.05, 3.63) is 6.33 Å². The van der Waals surface area contributed by atoms with Crippen LogP contribution in [0.5, 0.6) is 5.75 Å². The van der Waals surface area contributed by atoms with Crippen LogP contribution in [-0.2, 0) is 0 Å². The van der Waals surface area contributed by atoms with Gasteiger partial charge in [0.05, 0.1) is 19.8 Å². The van der Waals surface area contributed by atoms with E-state index in [4.69, 9.17) is 10.5 Å². The molecule has 1 atom stereocenters. The Morgan fingerprint density at radius 3 is 2.69 bits per heavy atom. The average Bonchev–Trinajstić information content (AvgIpc) is 2.25. The lowest BCUT2D eigenvalue weighted by atomic mass is 10.1. The Hall–Kier alpha value is -1.56. The number of hydrogen-bond acceptors (Lipinski definition) is 6. The molecule has 16 heavy (non-hydrogen) atoms. The minimum Gasteiger partial charge on any atom is -0.490 e. The third-order valence-corrected chi connectivity index (χ3v) is 2.36. The largest absolute Gasteiger partial charge is 0.490 e. The molecule has 90 valence electrons. The van der Waals surface area contributed by atoms with Crippen molar-refractivity contribution in [3.8, 4) is 5.75 Å². The zero-order chi connectivity index (χ0) is 12.1. The molecule has 0 bridgehead atoms. The van der Waals surface area contributed by atoms with Gasteiger partial charge in [0.2, 0.25) is 5.75 Å². The first kappa shape index (κ1) is 12.5. The van der Waals surface area contributed by atoms with Crippen LogP contribution in [0.4, 0.5) is 11.6 Å².